The molecule has 0 unspecified atom stereocenters. The van der Waals surface area contributed by atoms with Crippen LogP contribution in [0.4, 0.5) is 5.69 Å². The van der Waals surface area contributed by atoms with Crippen molar-refractivity contribution in [1.29, 1.82) is 0 Å². The molecule has 0 saturated carbocycles. The summed E-state index contributed by atoms with van der Waals surface area (Å²) in [6.45, 7) is 4.30. The van der Waals surface area contributed by atoms with Gasteiger partial charge in [0, 0.05) is 10.9 Å². The molecule has 4 rings (SSSR count). The van der Waals surface area contributed by atoms with Crippen molar-refractivity contribution in [2.45, 2.75) is 24.9 Å². The average Bonchev–Trinajstić information content (AvgIpc) is 3.19. The van der Waals surface area contributed by atoms with Crippen LogP contribution in [-0.4, -0.2) is 21.6 Å². The van der Waals surface area contributed by atoms with E-state index in [4.69, 9.17) is 11.6 Å². The van der Waals surface area contributed by atoms with Crippen molar-refractivity contribution in [3.05, 3.63) is 74.9 Å². The maximum atomic E-state index is 12.8. The number of H-pyrrole nitrogens is 1. The summed E-state index contributed by atoms with van der Waals surface area (Å²) in [5.74, 6) is 0.333. The van der Waals surface area contributed by atoms with Gasteiger partial charge in [-0.2, -0.15) is 0 Å². The Balaban J connectivity index is 1.52. The van der Waals surface area contributed by atoms with E-state index in [0.717, 1.165) is 11.1 Å². The molecular weight excluding hydrogens is 450 g/mol. The van der Waals surface area contributed by atoms with Crippen LogP contribution in [0.2, 0.25) is 5.02 Å². The second kappa shape index (κ2) is 9.26. The molecule has 1 amide bonds. The number of hydrogen-bond acceptors (Lipinski definition) is 5. The largest absolute Gasteiger partial charge is 0.324 e. The van der Waals surface area contributed by atoms with E-state index in [1.165, 1.54) is 28.7 Å². The van der Waals surface area contributed by atoms with Gasteiger partial charge in [0.05, 0.1) is 21.8 Å². The molecule has 158 valence electrons. The highest BCUT2D eigenvalue weighted by Gasteiger charge is 2.14. The zero-order chi connectivity index (χ0) is 22.0. The molecule has 2 aromatic heterocycles. The number of aromatic amines is 1. The highest BCUT2D eigenvalue weighted by Crippen LogP contribution is 2.32. The average molecular weight is 470 g/mol. The normalized spacial score (nSPS) is 11.2. The summed E-state index contributed by atoms with van der Waals surface area (Å²) in [5, 5.41) is 6.18. The monoisotopic (exact) mass is 469 g/mol. The summed E-state index contributed by atoms with van der Waals surface area (Å²) in [7, 11) is 0. The zero-order valence-corrected chi connectivity index (χ0v) is 19.3. The number of benzene rings is 2. The van der Waals surface area contributed by atoms with E-state index in [2.05, 4.69) is 41.3 Å². The van der Waals surface area contributed by atoms with Gasteiger partial charge in [-0.05, 0) is 29.2 Å². The minimum absolute atomic E-state index is 0.106. The van der Waals surface area contributed by atoms with Gasteiger partial charge in [-0.25, -0.2) is 4.98 Å². The number of thiophene rings is 1. The predicted octanol–water partition coefficient (Wildman–Crippen LogP) is 6.16. The van der Waals surface area contributed by atoms with Crippen LogP contribution in [-0.2, 0) is 4.79 Å². The third kappa shape index (κ3) is 4.84. The van der Waals surface area contributed by atoms with Crippen molar-refractivity contribution in [3.8, 4) is 11.1 Å². The van der Waals surface area contributed by atoms with Crippen LogP contribution in [0.5, 0.6) is 0 Å². The second-order valence-electron chi connectivity index (χ2n) is 7.29. The Morgan fingerprint density at radius 1 is 1.19 bits per heavy atom. The number of rotatable bonds is 6. The Labute approximate surface area is 192 Å². The number of aromatic nitrogens is 2. The maximum absolute atomic E-state index is 12.8. The number of nitrogens with zero attached hydrogens (tertiary/aromatic N) is 1. The van der Waals surface area contributed by atoms with Gasteiger partial charge in [0.25, 0.3) is 5.56 Å². The lowest BCUT2D eigenvalue weighted by atomic mass is 9.99. The van der Waals surface area contributed by atoms with Crippen LogP contribution >= 0.6 is 34.7 Å². The minimum Gasteiger partial charge on any atom is -0.324 e. The first-order valence-corrected chi connectivity index (χ1v) is 12.0. The molecule has 0 bridgehead atoms. The van der Waals surface area contributed by atoms with E-state index < -0.39 is 0 Å². The maximum Gasteiger partial charge on any atom is 0.260 e. The lowest BCUT2D eigenvalue weighted by molar-refractivity contribution is -0.113. The standard InChI is InChI=1S/C23H20ClN3O2S2/c1-13(2)14-7-9-15(10-8-14)16-11-30-22-20(16)21(29)26-23(27-22)31-12-19(28)25-18-6-4-3-5-17(18)24/h3-11,13H,12H2,1-2H3,(H,25,28)(H,26,27,29). The van der Waals surface area contributed by atoms with Gasteiger partial charge in [0.2, 0.25) is 5.91 Å². The number of amides is 1. The fraction of sp³-hybridized carbons (Fsp3) is 0.174. The number of carbonyl (C=O) groups is 1. The van der Waals surface area contributed by atoms with Crippen LogP contribution in [0.3, 0.4) is 0 Å². The topological polar surface area (TPSA) is 74.8 Å². The molecule has 0 aliphatic rings. The van der Waals surface area contributed by atoms with Gasteiger partial charge < -0.3 is 10.3 Å². The number of hydrogen-bond donors (Lipinski definition) is 2. The lowest BCUT2D eigenvalue weighted by Gasteiger charge is -2.07. The fourth-order valence-electron chi connectivity index (χ4n) is 3.14. The van der Waals surface area contributed by atoms with Crippen molar-refractivity contribution >= 4 is 56.5 Å². The van der Waals surface area contributed by atoms with E-state index >= 15 is 0 Å². The molecule has 0 fully saturated rings. The summed E-state index contributed by atoms with van der Waals surface area (Å²) in [4.78, 5) is 33.0. The number of thioether (sulfide) groups is 1. The SMILES string of the molecule is CC(C)c1ccc(-c2csc3nc(SCC(=O)Nc4ccccc4Cl)[nH]c(=O)c23)cc1. The number of carbonyl (C=O) groups excluding carboxylic acids is 1. The van der Waals surface area contributed by atoms with Crippen molar-refractivity contribution in [1.82, 2.24) is 9.97 Å². The van der Waals surface area contributed by atoms with Crippen molar-refractivity contribution in [2.24, 2.45) is 0 Å². The molecule has 5 nitrogen and oxygen atoms in total. The Kier molecular flexibility index (Phi) is 6.46. The lowest BCUT2D eigenvalue weighted by Crippen LogP contribution is -2.15. The highest BCUT2D eigenvalue weighted by atomic mass is 35.5. The molecule has 8 heteroatoms. The van der Waals surface area contributed by atoms with Gasteiger partial charge in [-0.3, -0.25) is 9.59 Å². The summed E-state index contributed by atoms with van der Waals surface area (Å²) in [6, 6.07) is 15.3. The molecule has 0 aliphatic heterocycles. The first-order chi connectivity index (χ1) is 14.9. The second-order valence-corrected chi connectivity index (χ2v) is 9.52. The molecule has 0 radical (unpaired) electrons. The first kappa shape index (κ1) is 21.6. The molecule has 31 heavy (non-hydrogen) atoms. The van der Waals surface area contributed by atoms with Crippen LogP contribution in [0.1, 0.15) is 25.3 Å². The number of halogens is 1. The van der Waals surface area contributed by atoms with Crippen LogP contribution in [0.25, 0.3) is 21.3 Å². The minimum atomic E-state index is -0.224. The molecule has 0 spiro atoms. The van der Waals surface area contributed by atoms with Crippen LogP contribution < -0.4 is 10.9 Å². The summed E-state index contributed by atoms with van der Waals surface area (Å²) in [6.07, 6.45) is 0. The fourth-order valence-corrected chi connectivity index (χ4v) is 4.99. The van der Waals surface area contributed by atoms with Gasteiger partial charge >= 0.3 is 0 Å². The molecular formula is C23H20ClN3O2S2. The molecule has 2 N–H and O–H groups in total. The Morgan fingerprint density at radius 2 is 1.94 bits per heavy atom. The number of fused-ring (bicyclic) bond motifs is 1. The Morgan fingerprint density at radius 3 is 2.65 bits per heavy atom. The quantitative estimate of drug-likeness (QED) is 0.262. The summed E-state index contributed by atoms with van der Waals surface area (Å²) in [5.41, 5.74) is 3.46. The molecule has 2 heterocycles. The third-order valence-electron chi connectivity index (χ3n) is 4.80. The van der Waals surface area contributed by atoms with Crippen molar-refractivity contribution in [2.75, 3.05) is 11.1 Å². The first-order valence-electron chi connectivity index (χ1n) is 9.71. The molecule has 0 atom stereocenters. The van der Waals surface area contributed by atoms with E-state index in [0.29, 0.717) is 32.0 Å². The third-order valence-corrected chi connectivity index (χ3v) is 6.87. The van der Waals surface area contributed by atoms with E-state index in [1.54, 1.807) is 24.3 Å². The van der Waals surface area contributed by atoms with Gasteiger partial charge in [0.15, 0.2) is 5.16 Å². The van der Waals surface area contributed by atoms with Crippen LogP contribution in [0.15, 0.2) is 63.9 Å². The van der Waals surface area contributed by atoms with Gasteiger partial charge in [0.1, 0.15) is 4.83 Å². The number of para-hydroxylation sites is 1. The molecule has 2 aromatic carbocycles. The number of anilines is 1. The summed E-state index contributed by atoms with van der Waals surface area (Å²) >= 11 is 8.67. The van der Waals surface area contributed by atoms with Crippen LogP contribution in [0, 0.1) is 0 Å². The number of nitrogens with one attached hydrogen (secondary N) is 2. The van der Waals surface area contributed by atoms with E-state index in [-0.39, 0.29) is 17.2 Å². The molecule has 0 saturated heterocycles. The van der Waals surface area contributed by atoms with E-state index in [9.17, 15) is 9.59 Å². The highest BCUT2D eigenvalue weighted by molar-refractivity contribution is 7.99. The van der Waals surface area contributed by atoms with Gasteiger partial charge in [-0.1, -0.05) is 73.6 Å². The predicted molar refractivity (Wildman–Crippen MR) is 131 cm³/mol. The van der Waals surface area contributed by atoms with Crippen molar-refractivity contribution < 1.29 is 4.79 Å². The zero-order valence-electron chi connectivity index (χ0n) is 16.9. The smallest absolute Gasteiger partial charge is 0.260 e. The Hall–Kier alpha value is -2.61. The Bertz CT molecular complexity index is 1300. The van der Waals surface area contributed by atoms with Gasteiger partial charge in [-0.15, -0.1) is 11.3 Å². The molecule has 0 aliphatic carbocycles. The summed E-state index contributed by atoms with van der Waals surface area (Å²) < 4.78 is 0. The molecule has 4 aromatic rings. The van der Waals surface area contributed by atoms with Crippen molar-refractivity contribution in [3.63, 3.8) is 0 Å². The van der Waals surface area contributed by atoms with E-state index in [1.807, 2.05) is 17.5 Å².